The smallest absolute Gasteiger partial charge is 0.223 e. The fourth-order valence-corrected chi connectivity index (χ4v) is 5.92. The number of hydrogen-bond acceptors (Lipinski definition) is 4. The Bertz CT molecular complexity index is 514. The van der Waals surface area contributed by atoms with Crippen LogP contribution < -0.4 is 11.1 Å². The van der Waals surface area contributed by atoms with E-state index < -0.39 is 10.0 Å². The summed E-state index contributed by atoms with van der Waals surface area (Å²) >= 11 is 0. The molecule has 2 aliphatic carbocycles. The minimum absolute atomic E-state index is 0. The lowest BCUT2D eigenvalue weighted by atomic mass is 9.65. The molecule has 1 heterocycles. The summed E-state index contributed by atoms with van der Waals surface area (Å²) < 4.78 is 24.9. The Morgan fingerprint density at radius 3 is 2.39 bits per heavy atom. The molecule has 0 aromatic heterocycles. The van der Waals surface area contributed by atoms with Crippen molar-refractivity contribution < 1.29 is 13.2 Å². The molecule has 0 aromatic rings. The molecule has 1 aliphatic heterocycles. The van der Waals surface area contributed by atoms with Crippen molar-refractivity contribution in [3.05, 3.63) is 0 Å². The van der Waals surface area contributed by atoms with Crippen LogP contribution in [0.2, 0.25) is 0 Å². The standard InChI is InChI=1S/C15H27N3O3S.ClH/c16-14-11-3-1-4-12(14)10-13(9-11)15(19)17-5-7-18-6-2-8-22(18,20)21;/h11-14H,1-10,16H2,(H,17,19);1H. The van der Waals surface area contributed by atoms with Crippen LogP contribution in [-0.2, 0) is 14.8 Å². The molecule has 0 aromatic carbocycles. The van der Waals surface area contributed by atoms with E-state index >= 15 is 0 Å². The Morgan fingerprint density at radius 1 is 1.17 bits per heavy atom. The molecule has 6 nitrogen and oxygen atoms in total. The number of sulfonamides is 1. The Morgan fingerprint density at radius 2 is 1.83 bits per heavy atom. The largest absolute Gasteiger partial charge is 0.355 e. The van der Waals surface area contributed by atoms with Gasteiger partial charge in [-0.1, -0.05) is 6.42 Å². The maximum absolute atomic E-state index is 12.4. The highest BCUT2D eigenvalue weighted by Gasteiger charge is 2.40. The Hall–Kier alpha value is -0.370. The molecule has 2 atom stereocenters. The van der Waals surface area contributed by atoms with Gasteiger partial charge in [-0.15, -0.1) is 12.4 Å². The first-order valence-corrected chi connectivity index (χ1v) is 10.1. The van der Waals surface area contributed by atoms with E-state index in [-0.39, 0.29) is 36.0 Å². The van der Waals surface area contributed by atoms with Crippen molar-refractivity contribution in [3.8, 4) is 0 Å². The van der Waals surface area contributed by atoms with Gasteiger partial charge in [0.2, 0.25) is 15.9 Å². The van der Waals surface area contributed by atoms with Crippen LogP contribution in [-0.4, -0.2) is 50.1 Å². The molecule has 0 radical (unpaired) electrons. The third-order valence-electron chi connectivity index (χ3n) is 5.65. The molecule has 2 bridgehead atoms. The number of carbonyl (C=O) groups is 1. The monoisotopic (exact) mass is 365 g/mol. The minimum Gasteiger partial charge on any atom is -0.355 e. The maximum atomic E-state index is 12.4. The van der Waals surface area contributed by atoms with Gasteiger partial charge in [-0.2, -0.15) is 0 Å². The first-order chi connectivity index (χ1) is 10.5. The van der Waals surface area contributed by atoms with Crippen molar-refractivity contribution >= 4 is 28.3 Å². The topological polar surface area (TPSA) is 92.5 Å². The first-order valence-electron chi connectivity index (χ1n) is 8.48. The first kappa shape index (κ1) is 19.0. The van der Waals surface area contributed by atoms with E-state index in [0.717, 1.165) is 25.7 Å². The second kappa shape index (κ2) is 7.68. The average molecular weight is 366 g/mol. The summed E-state index contributed by atoms with van der Waals surface area (Å²) in [7, 11) is -3.06. The molecule has 8 heteroatoms. The van der Waals surface area contributed by atoms with Crippen molar-refractivity contribution in [1.82, 2.24) is 9.62 Å². The quantitative estimate of drug-likeness (QED) is 0.767. The second-order valence-corrected chi connectivity index (χ2v) is 9.14. The summed E-state index contributed by atoms with van der Waals surface area (Å²) in [6, 6.07) is 0.271. The van der Waals surface area contributed by atoms with E-state index in [4.69, 9.17) is 5.73 Å². The summed E-state index contributed by atoms with van der Waals surface area (Å²) in [5.41, 5.74) is 6.25. The number of hydrogen-bond donors (Lipinski definition) is 2. The van der Waals surface area contributed by atoms with E-state index in [1.165, 1.54) is 10.7 Å². The van der Waals surface area contributed by atoms with E-state index in [9.17, 15) is 13.2 Å². The summed E-state index contributed by atoms with van der Waals surface area (Å²) in [5.74, 6) is 1.36. The van der Waals surface area contributed by atoms with Crippen LogP contribution in [0.15, 0.2) is 0 Å². The van der Waals surface area contributed by atoms with Gasteiger partial charge in [0, 0.05) is 31.6 Å². The van der Waals surface area contributed by atoms with Gasteiger partial charge in [0.1, 0.15) is 0 Å². The molecule has 3 rings (SSSR count). The zero-order chi connectivity index (χ0) is 15.7. The fourth-order valence-electron chi connectivity index (χ4n) is 4.39. The number of amides is 1. The van der Waals surface area contributed by atoms with Crippen molar-refractivity contribution in [2.24, 2.45) is 23.5 Å². The molecule has 3 fully saturated rings. The Kier molecular flexibility index (Phi) is 6.33. The highest BCUT2D eigenvalue weighted by atomic mass is 35.5. The van der Waals surface area contributed by atoms with Crippen molar-refractivity contribution in [2.75, 3.05) is 25.4 Å². The Balaban J connectivity index is 0.00000192. The number of fused-ring (bicyclic) bond motifs is 2. The lowest BCUT2D eigenvalue weighted by Gasteiger charge is -2.43. The van der Waals surface area contributed by atoms with Crippen molar-refractivity contribution in [3.63, 3.8) is 0 Å². The molecule has 3 aliphatic rings. The number of nitrogens with zero attached hydrogens (tertiary/aromatic N) is 1. The molecule has 0 spiro atoms. The lowest BCUT2D eigenvalue weighted by molar-refractivity contribution is -0.127. The molecular weight excluding hydrogens is 338 g/mol. The number of carbonyl (C=O) groups excluding carboxylic acids is 1. The predicted molar refractivity (Wildman–Crippen MR) is 91.8 cm³/mol. The molecule has 1 saturated heterocycles. The van der Waals surface area contributed by atoms with Crippen LogP contribution in [0, 0.1) is 17.8 Å². The molecule has 2 saturated carbocycles. The third-order valence-corrected chi connectivity index (χ3v) is 7.60. The minimum atomic E-state index is -3.06. The van der Waals surface area contributed by atoms with E-state index in [0.29, 0.717) is 37.9 Å². The molecule has 134 valence electrons. The zero-order valence-electron chi connectivity index (χ0n) is 13.4. The van der Waals surface area contributed by atoms with Crippen LogP contribution in [0.5, 0.6) is 0 Å². The number of halogens is 1. The molecule has 2 unspecified atom stereocenters. The fraction of sp³-hybridized carbons (Fsp3) is 0.933. The van der Waals surface area contributed by atoms with Crippen molar-refractivity contribution in [1.29, 1.82) is 0 Å². The molecule has 3 N–H and O–H groups in total. The summed E-state index contributed by atoms with van der Waals surface area (Å²) in [6.45, 7) is 1.39. The van der Waals surface area contributed by atoms with Gasteiger partial charge < -0.3 is 11.1 Å². The van der Waals surface area contributed by atoms with E-state index in [1.54, 1.807) is 0 Å². The van der Waals surface area contributed by atoms with E-state index in [2.05, 4.69) is 5.32 Å². The van der Waals surface area contributed by atoms with Crippen LogP contribution >= 0.6 is 12.4 Å². The third kappa shape index (κ3) is 4.18. The highest BCUT2D eigenvalue weighted by molar-refractivity contribution is 7.89. The van der Waals surface area contributed by atoms with Crippen molar-refractivity contribution in [2.45, 2.75) is 44.6 Å². The van der Waals surface area contributed by atoms with Gasteiger partial charge in [0.05, 0.1) is 5.75 Å². The molecular formula is C15H28ClN3O3S. The predicted octanol–water partition coefficient (Wildman–Crippen LogP) is 0.714. The van der Waals surface area contributed by atoms with Gasteiger partial charge in [-0.25, -0.2) is 12.7 Å². The van der Waals surface area contributed by atoms with Gasteiger partial charge in [0.25, 0.3) is 0 Å². The summed E-state index contributed by atoms with van der Waals surface area (Å²) in [6.07, 6.45) is 6.02. The SMILES string of the molecule is Cl.NC1C2CCCC1CC(C(=O)NCCN1CCCS1(=O)=O)C2. The van der Waals surface area contributed by atoms with Crippen LogP contribution in [0.1, 0.15) is 38.5 Å². The van der Waals surface area contributed by atoms with Gasteiger partial charge in [0.15, 0.2) is 0 Å². The summed E-state index contributed by atoms with van der Waals surface area (Å²) in [4.78, 5) is 12.4. The normalized spacial score (nSPS) is 36.2. The maximum Gasteiger partial charge on any atom is 0.223 e. The number of nitrogens with two attached hydrogens (primary N) is 1. The second-order valence-electron chi connectivity index (χ2n) is 7.06. The van der Waals surface area contributed by atoms with E-state index in [1.807, 2.05) is 0 Å². The summed E-state index contributed by atoms with van der Waals surface area (Å²) in [5, 5.41) is 2.94. The van der Waals surface area contributed by atoms with Gasteiger partial charge in [-0.05, 0) is 43.9 Å². The number of rotatable bonds is 4. The van der Waals surface area contributed by atoms with Crippen LogP contribution in [0.4, 0.5) is 0 Å². The molecule has 23 heavy (non-hydrogen) atoms. The van der Waals surface area contributed by atoms with Gasteiger partial charge in [-0.3, -0.25) is 4.79 Å². The van der Waals surface area contributed by atoms with Crippen LogP contribution in [0.25, 0.3) is 0 Å². The van der Waals surface area contributed by atoms with Crippen LogP contribution in [0.3, 0.4) is 0 Å². The zero-order valence-corrected chi connectivity index (χ0v) is 15.1. The molecule has 1 amide bonds. The highest BCUT2D eigenvalue weighted by Crippen LogP contribution is 2.41. The Labute approximate surface area is 145 Å². The lowest BCUT2D eigenvalue weighted by Crippen LogP contribution is -2.49. The number of nitrogens with one attached hydrogen (secondary N) is 1. The van der Waals surface area contributed by atoms with Gasteiger partial charge >= 0.3 is 0 Å². The average Bonchev–Trinajstić information content (AvgIpc) is 2.77.